The Labute approximate surface area is 169 Å². The fourth-order valence-corrected chi connectivity index (χ4v) is 4.58. The highest BCUT2D eigenvalue weighted by atomic mass is 16.2. The second-order valence-electron chi connectivity index (χ2n) is 8.43. The lowest BCUT2D eigenvalue weighted by Crippen LogP contribution is -2.49. The van der Waals surface area contributed by atoms with Crippen molar-refractivity contribution in [3.63, 3.8) is 0 Å². The number of hydrogen-bond acceptors (Lipinski definition) is 3. The lowest BCUT2D eigenvalue weighted by atomic mass is 9.84. The van der Waals surface area contributed by atoms with Crippen LogP contribution in [0.4, 0.5) is 5.69 Å². The first-order chi connectivity index (χ1) is 13.5. The molecule has 1 saturated carbocycles. The molecule has 28 heavy (non-hydrogen) atoms. The van der Waals surface area contributed by atoms with Crippen molar-refractivity contribution in [1.29, 1.82) is 0 Å². The fourth-order valence-electron chi connectivity index (χ4n) is 4.58. The van der Waals surface area contributed by atoms with E-state index in [4.69, 9.17) is 0 Å². The maximum Gasteiger partial charge on any atom is 0.230 e. The highest BCUT2D eigenvalue weighted by Gasteiger charge is 2.42. The summed E-state index contributed by atoms with van der Waals surface area (Å²) in [5.74, 6) is 1.64. The Bertz CT molecular complexity index is 667. The zero-order chi connectivity index (χ0) is 20.0. The third kappa shape index (κ3) is 4.78. The van der Waals surface area contributed by atoms with Gasteiger partial charge in [-0.1, -0.05) is 31.0 Å². The monoisotopic (exact) mass is 385 g/mol. The SMILES string of the molecule is CN=C(NCC1CCN(c2ccccc2)C1)NCC1(C(=O)N(C)C)CCCC1. The number of amides is 1. The Morgan fingerprint density at radius 2 is 1.93 bits per heavy atom. The Kier molecular flexibility index (Phi) is 6.81. The Morgan fingerprint density at radius 3 is 2.57 bits per heavy atom. The molecule has 2 aliphatic rings. The molecule has 1 aliphatic carbocycles. The van der Waals surface area contributed by atoms with Crippen molar-refractivity contribution >= 4 is 17.6 Å². The third-order valence-corrected chi connectivity index (χ3v) is 6.20. The van der Waals surface area contributed by atoms with Gasteiger partial charge in [0.2, 0.25) is 5.91 Å². The Morgan fingerprint density at radius 1 is 1.21 bits per heavy atom. The van der Waals surface area contributed by atoms with Gasteiger partial charge >= 0.3 is 0 Å². The van der Waals surface area contributed by atoms with Crippen molar-refractivity contribution in [2.75, 3.05) is 52.2 Å². The summed E-state index contributed by atoms with van der Waals surface area (Å²) in [6.45, 7) is 3.72. The third-order valence-electron chi connectivity index (χ3n) is 6.20. The van der Waals surface area contributed by atoms with Crippen molar-refractivity contribution < 1.29 is 4.79 Å². The van der Waals surface area contributed by atoms with Crippen molar-refractivity contribution in [2.45, 2.75) is 32.1 Å². The maximum absolute atomic E-state index is 12.7. The van der Waals surface area contributed by atoms with E-state index in [1.54, 1.807) is 11.9 Å². The first kappa shape index (κ1) is 20.5. The van der Waals surface area contributed by atoms with E-state index in [1.165, 1.54) is 12.1 Å². The predicted octanol–water partition coefficient (Wildman–Crippen LogP) is 2.33. The molecule has 0 bridgehead atoms. The number of carbonyl (C=O) groups is 1. The van der Waals surface area contributed by atoms with Crippen LogP contribution in [0.2, 0.25) is 0 Å². The number of guanidine groups is 1. The molecule has 1 aliphatic heterocycles. The van der Waals surface area contributed by atoms with Crippen LogP contribution in [-0.2, 0) is 4.79 Å². The summed E-state index contributed by atoms with van der Waals surface area (Å²) in [5, 5.41) is 6.91. The van der Waals surface area contributed by atoms with Crippen LogP contribution in [-0.4, -0.2) is 64.1 Å². The smallest absolute Gasteiger partial charge is 0.230 e. The van der Waals surface area contributed by atoms with E-state index in [2.05, 4.69) is 50.9 Å². The zero-order valence-electron chi connectivity index (χ0n) is 17.6. The topological polar surface area (TPSA) is 60.0 Å². The van der Waals surface area contributed by atoms with Crippen LogP contribution in [0.25, 0.3) is 0 Å². The van der Waals surface area contributed by atoms with Crippen LogP contribution in [0.5, 0.6) is 0 Å². The molecule has 2 N–H and O–H groups in total. The molecule has 1 saturated heterocycles. The van der Waals surface area contributed by atoms with Crippen LogP contribution in [0.3, 0.4) is 0 Å². The second kappa shape index (κ2) is 9.30. The molecule has 1 heterocycles. The van der Waals surface area contributed by atoms with Gasteiger partial charge in [-0.3, -0.25) is 9.79 Å². The number of rotatable bonds is 6. The molecule has 1 atom stereocenters. The molecule has 1 amide bonds. The van der Waals surface area contributed by atoms with Crippen molar-refractivity contribution in [3.05, 3.63) is 30.3 Å². The molecule has 1 unspecified atom stereocenters. The van der Waals surface area contributed by atoms with Crippen molar-refractivity contribution in [2.24, 2.45) is 16.3 Å². The molecule has 0 spiro atoms. The number of anilines is 1. The van der Waals surface area contributed by atoms with Crippen LogP contribution < -0.4 is 15.5 Å². The van der Waals surface area contributed by atoms with E-state index < -0.39 is 0 Å². The fraction of sp³-hybridized carbons (Fsp3) is 0.636. The lowest BCUT2D eigenvalue weighted by Gasteiger charge is -2.31. The number of nitrogens with one attached hydrogen (secondary N) is 2. The summed E-state index contributed by atoms with van der Waals surface area (Å²) in [5.41, 5.74) is 1.02. The average molecular weight is 386 g/mol. The number of hydrogen-bond donors (Lipinski definition) is 2. The minimum atomic E-state index is -0.279. The summed E-state index contributed by atoms with van der Waals surface area (Å²) >= 11 is 0. The van der Waals surface area contributed by atoms with Gasteiger partial charge in [0, 0.05) is 53.0 Å². The number of para-hydroxylation sites is 1. The predicted molar refractivity (Wildman–Crippen MR) is 116 cm³/mol. The molecule has 1 aromatic rings. The van der Waals surface area contributed by atoms with Gasteiger partial charge in [0.05, 0.1) is 5.41 Å². The second-order valence-corrected chi connectivity index (χ2v) is 8.43. The largest absolute Gasteiger partial charge is 0.371 e. The molecule has 3 rings (SSSR count). The van der Waals surface area contributed by atoms with Gasteiger partial charge in [0.1, 0.15) is 0 Å². The highest BCUT2D eigenvalue weighted by Crippen LogP contribution is 2.38. The van der Waals surface area contributed by atoms with Crippen LogP contribution in [0.15, 0.2) is 35.3 Å². The normalized spacial score (nSPS) is 21.6. The molecule has 6 nitrogen and oxygen atoms in total. The van der Waals surface area contributed by atoms with Gasteiger partial charge in [-0.15, -0.1) is 0 Å². The van der Waals surface area contributed by atoms with Crippen molar-refractivity contribution in [3.8, 4) is 0 Å². The van der Waals surface area contributed by atoms with Gasteiger partial charge in [-0.25, -0.2) is 0 Å². The average Bonchev–Trinajstić information content (AvgIpc) is 3.38. The summed E-state index contributed by atoms with van der Waals surface area (Å²) < 4.78 is 0. The van der Waals surface area contributed by atoms with E-state index in [-0.39, 0.29) is 11.3 Å². The van der Waals surface area contributed by atoms with E-state index in [0.29, 0.717) is 12.5 Å². The van der Waals surface area contributed by atoms with Gasteiger partial charge in [-0.2, -0.15) is 0 Å². The van der Waals surface area contributed by atoms with Crippen LogP contribution in [0, 0.1) is 11.3 Å². The summed E-state index contributed by atoms with van der Waals surface area (Å²) in [7, 11) is 5.51. The van der Waals surface area contributed by atoms with E-state index in [1.807, 2.05) is 14.1 Å². The molecule has 0 aromatic heterocycles. The van der Waals surface area contributed by atoms with E-state index in [0.717, 1.165) is 51.3 Å². The molecule has 0 radical (unpaired) electrons. The number of nitrogens with zero attached hydrogens (tertiary/aromatic N) is 3. The summed E-state index contributed by atoms with van der Waals surface area (Å²) in [6.07, 6.45) is 5.36. The molecular weight excluding hydrogens is 350 g/mol. The van der Waals surface area contributed by atoms with Crippen LogP contribution in [0.1, 0.15) is 32.1 Å². The first-order valence-electron chi connectivity index (χ1n) is 10.5. The zero-order valence-corrected chi connectivity index (χ0v) is 17.6. The number of benzene rings is 1. The van der Waals surface area contributed by atoms with Gasteiger partial charge in [0.25, 0.3) is 0 Å². The first-order valence-corrected chi connectivity index (χ1v) is 10.5. The minimum absolute atomic E-state index is 0.238. The van der Waals surface area contributed by atoms with Gasteiger partial charge in [-0.05, 0) is 37.3 Å². The molecule has 2 fully saturated rings. The minimum Gasteiger partial charge on any atom is -0.371 e. The molecule has 154 valence electrons. The van der Waals surface area contributed by atoms with E-state index >= 15 is 0 Å². The van der Waals surface area contributed by atoms with Gasteiger partial charge < -0.3 is 20.4 Å². The standard InChI is InChI=1S/C22H35N5O/c1-23-21(25-17-22(12-7-8-13-22)20(28)26(2)3)24-15-18-11-14-27(16-18)19-9-5-4-6-10-19/h4-6,9-10,18H,7-8,11-17H2,1-3H3,(H2,23,24,25). The quantitative estimate of drug-likeness (QED) is 0.583. The van der Waals surface area contributed by atoms with Crippen molar-refractivity contribution in [1.82, 2.24) is 15.5 Å². The van der Waals surface area contributed by atoms with Gasteiger partial charge in [0.15, 0.2) is 5.96 Å². The summed E-state index contributed by atoms with van der Waals surface area (Å²) in [6, 6.07) is 10.6. The van der Waals surface area contributed by atoms with E-state index in [9.17, 15) is 4.79 Å². The molecule has 6 heteroatoms. The summed E-state index contributed by atoms with van der Waals surface area (Å²) in [4.78, 5) is 21.3. The van der Waals surface area contributed by atoms with Crippen LogP contribution >= 0.6 is 0 Å². The molecule has 1 aromatic carbocycles. The lowest BCUT2D eigenvalue weighted by molar-refractivity contribution is -0.138. The Balaban J connectivity index is 1.48. The highest BCUT2D eigenvalue weighted by molar-refractivity contribution is 5.85. The number of carbonyl (C=O) groups excluding carboxylic acids is 1. The number of aliphatic imine (C=N–C) groups is 1. The maximum atomic E-state index is 12.7. The Hall–Kier alpha value is -2.24. The molecular formula is C22H35N5O.